The van der Waals surface area contributed by atoms with E-state index in [0.29, 0.717) is 4.91 Å². The van der Waals surface area contributed by atoms with Crippen molar-refractivity contribution in [3.8, 4) is 0 Å². The number of ether oxygens (including phenoxy) is 1. The molecule has 0 radical (unpaired) electrons. The van der Waals surface area contributed by atoms with Gasteiger partial charge in [-0.05, 0) is 17.9 Å². The molecule has 0 atom stereocenters. The topological polar surface area (TPSA) is 26.3 Å². The minimum atomic E-state index is -0.288. The molecule has 11 heteroatoms. The van der Waals surface area contributed by atoms with E-state index in [0.717, 1.165) is 12.6 Å². The highest BCUT2D eigenvalue weighted by Crippen LogP contribution is 2.56. The Hall–Kier alpha value is 1.06. The number of hydrogen-bond acceptors (Lipinski definition) is 11. The van der Waals surface area contributed by atoms with Crippen molar-refractivity contribution in [2.45, 2.75) is 0 Å². The van der Waals surface area contributed by atoms with Crippen molar-refractivity contribution in [3.63, 3.8) is 0 Å². The van der Waals surface area contributed by atoms with E-state index in [2.05, 4.69) is 12.5 Å². The molecule has 0 saturated carbocycles. The average molecular weight is 487 g/mol. The van der Waals surface area contributed by atoms with E-state index < -0.39 is 0 Å². The summed E-state index contributed by atoms with van der Waals surface area (Å²) in [5.41, 5.74) is 0. The van der Waals surface area contributed by atoms with E-state index in [9.17, 15) is 4.79 Å². The molecule has 2 nitrogen and oxygen atoms in total. The highest BCUT2D eigenvalue weighted by molar-refractivity contribution is 8.45. The molecule has 128 valence electrons. The second-order valence-electron chi connectivity index (χ2n) is 4.06. The van der Waals surface area contributed by atoms with Gasteiger partial charge in [-0.3, -0.25) is 0 Å². The van der Waals surface area contributed by atoms with Crippen molar-refractivity contribution in [1.29, 1.82) is 0 Å². The van der Waals surface area contributed by atoms with Gasteiger partial charge in [0.25, 0.3) is 0 Å². The third-order valence-electron chi connectivity index (χ3n) is 2.69. The fourth-order valence-corrected chi connectivity index (χ4v) is 12.5. The van der Waals surface area contributed by atoms with Crippen LogP contribution in [-0.2, 0) is 9.53 Å². The molecule has 2 aliphatic heterocycles. The molecule has 3 heterocycles. The zero-order valence-corrected chi connectivity index (χ0v) is 19.9. The lowest BCUT2D eigenvalue weighted by atomic mass is 10.6. The van der Waals surface area contributed by atoms with Crippen LogP contribution in [-0.4, -0.2) is 25.6 Å². The molecule has 0 fully saturated rings. The van der Waals surface area contributed by atoms with Crippen LogP contribution in [0.1, 0.15) is 0 Å². The third kappa shape index (κ3) is 4.14. The Morgan fingerprint density at radius 3 is 2.33 bits per heavy atom. The Kier molecular flexibility index (Phi) is 7.29. The summed E-state index contributed by atoms with van der Waals surface area (Å²) in [4.78, 5) is 12.3. The summed E-state index contributed by atoms with van der Waals surface area (Å²) in [7, 11) is 1.40. The van der Waals surface area contributed by atoms with Gasteiger partial charge in [0.2, 0.25) is 0 Å². The van der Waals surface area contributed by atoms with E-state index in [1.807, 2.05) is 28.9 Å². The largest absolute Gasteiger partial charge is 0.465 e. The molecular weight excluding hydrogens is 477 g/mol. The van der Waals surface area contributed by atoms with Gasteiger partial charge in [0.15, 0.2) is 0 Å². The summed E-state index contributed by atoms with van der Waals surface area (Å²) in [6.45, 7) is 0. The lowest BCUT2D eigenvalue weighted by Gasteiger charge is -1.96. The number of esters is 1. The van der Waals surface area contributed by atoms with Crippen LogP contribution < -0.4 is 8.38 Å². The molecule has 0 aliphatic carbocycles. The van der Waals surface area contributed by atoms with Gasteiger partial charge in [-0.1, -0.05) is 59.3 Å². The molecule has 0 bridgehead atoms. The molecule has 0 N–H and O–H groups in total. The summed E-state index contributed by atoms with van der Waals surface area (Å²) in [5.74, 6) is -0.288. The number of carbonyl (C=O) groups is 1. The van der Waals surface area contributed by atoms with Crippen LogP contribution in [0.4, 0.5) is 0 Å². The number of methoxy groups -OCH3 is 1. The zero-order valence-electron chi connectivity index (χ0n) is 12.6. The van der Waals surface area contributed by atoms with Crippen LogP contribution in [0.25, 0.3) is 8.47 Å². The predicted octanol–water partition coefficient (Wildman–Crippen LogP) is 5.50. The highest BCUT2D eigenvalue weighted by atomic mass is 32.3. The Morgan fingerprint density at radius 2 is 1.75 bits per heavy atom. The lowest BCUT2D eigenvalue weighted by Crippen LogP contribution is -2.00. The maximum absolute atomic E-state index is 11.6. The van der Waals surface area contributed by atoms with Crippen molar-refractivity contribution in [1.82, 2.24) is 0 Å². The number of rotatable bonds is 3. The van der Waals surface area contributed by atoms with E-state index >= 15 is 0 Å². The summed E-state index contributed by atoms with van der Waals surface area (Å²) < 4.78 is 13.1. The van der Waals surface area contributed by atoms with Crippen LogP contribution in [0.3, 0.4) is 0 Å². The van der Waals surface area contributed by atoms with Crippen LogP contribution in [0.2, 0.25) is 0 Å². The summed E-state index contributed by atoms with van der Waals surface area (Å²) >= 11 is 19.2. The first-order chi connectivity index (χ1) is 11.6. The van der Waals surface area contributed by atoms with Crippen LogP contribution in [0.5, 0.6) is 0 Å². The van der Waals surface area contributed by atoms with Crippen LogP contribution in [0.15, 0.2) is 18.8 Å². The Labute approximate surface area is 178 Å². The van der Waals surface area contributed by atoms with Crippen LogP contribution in [0, 0.1) is 3.82 Å². The van der Waals surface area contributed by atoms with Gasteiger partial charge in [0, 0.05) is 0 Å². The molecule has 1 aromatic heterocycles. The number of thioether (sulfide) groups is 6. The van der Waals surface area contributed by atoms with Gasteiger partial charge < -0.3 is 4.74 Å². The normalized spacial score (nSPS) is 20.0. The maximum Gasteiger partial charge on any atom is 0.345 e. The second-order valence-corrected chi connectivity index (χ2v) is 13.7. The van der Waals surface area contributed by atoms with Crippen molar-refractivity contribution < 1.29 is 9.53 Å². The maximum atomic E-state index is 11.6. The molecule has 0 spiro atoms. The van der Waals surface area contributed by atoms with Crippen molar-refractivity contribution in [3.05, 3.63) is 31.0 Å². The Bertz CT molecular complexity index is 900. The fraction of sp³-hybridized carbons (Fsp3) is 0.231. The van der Waals surface area contributed by atoms with Crippen molar-refractivity contribution in [2.24, 2.45) is 0 Å². The van der Waals surface area contributed by atoms with Gasteiger partial charge in [-0.15, -0.1) is 46.2 Å². The molecule has 0 aromatic carbocycles. The van der Waals surface area contributed by atoms with E-state index in [1.165, 1.54) is 35.4 Å². The van der Waals surface area contributed by atoms with Crippen molar-refractivity contribution in [2.75, 3.05) is 19.6 Å². The minimum Gasteiger partial charge on any atom is -0.465 e. The molecule has 0 saturated heterocycles. The average Bonchev–Trinajstić information content (AvgIpc) is 3.30. The van der Waals surface area contributed by atoms with E-state index in [4.69, 9.17) is 17.0 Å². The summed E-state index contributed by atoms with van der Waals surface area (Å²) in [6.07, 6.45) is 4.23. The quantitative estimate of drug-likeness (QED) is 0.405. The molecule has 0 amide bonds. The summed E-state index contributed by atoms with van der Waals surface area (Å²) in [5, 5.41) is 1.84. The van der Waals surface area contributed by atoms with Gasteiger partial charge in [-0.2, -0.15) is 0 Å². The molecule has 3 rings (SSSR count). The summed E-state index contributed by atoms with van der Waals surface area (Å²) in [6, 6.07) is 0. The number of carbonyl (C=O) groups excluding carboxylic acids is 1. The zero-order chi connectivity index (χ0) is 17.3. The Morgan fingerprint density at radius 1 is 1.08 bits per heavy atom. The monoisotopic (exact) mass is 486 g/mol. The molecule has 24 heavy (non-hydrogen) atoms. The smallest absolute Gasteiger partial charge is 0.345 e. The second kappa shape index (κ2) is 8.83. The highest BCUT2D eigenvalue weighted by Gasteiger charge is 2.23. The van der Waals surface area contributed by atoms with Crippen LogP contribution >= 0.6 is 105 Å². The third-order valence-corrected chi connectivity index (χ3v) is 14.0. The minimum absolute atomic E-state index is 0.288. The number of hydrogen-bond donors (Lipinski definition) is 0. The Balaban J connectivity index is 1.97. The van der Waals surface area contributed by atoms with Gasteiger partial charge in [-0.25, -0.2) is 4.79 Å². The van der Waals surface area contributed by atoms with Gasteiger partial charge in [0.1, 0.15) is 12.6 Å². The fourth-order valence-electron chi connectivity index (χ4n) is 1.65. The van der Waals surface area contributed by atoms with Crippen molar-refractivity contribution >= 4 is 120 Å². The van der Waals surface area contributed by atoms with Gasteiger partial charge in [0.05, 0.1) is 28.6 Å². The lowest BCUT2D eigenvalue weighted by molar-refractivity contribution is -0.135. The first kappa shape index (κ1) is 19.8. The van der Waals surface area contributed by atoms with E-state index in [1.54, 1.807) is 58.0 Å². The SMILES string of the molecule is COC(=O)C1=CS/C(=c2\sc(=C3SC(SC)=C(SC)S3)sc2=S)S1. The molecule has 1 aromatic rings. The molecule has 0 unspecified atom stereocenters. The molecule has 2 aliphatic rings. The molecular formula is C13H10O2S9. The first-order valence-electron chi connectivity index (χ1n) is 6.27. The van der Waals surface area contributed by atoms with Gasteiger partial charge >= 0.3 is 5.97 Å². The predicted molar refractivity (Wildman–Crippen MR) is 124 cm³/mol. The first-order valence-corrected chi connectivity index (χ1v) is 14.1. The standard InChI is InChI=1S/C13H10O2S9/c1-15-7(14)5-4-19-9(20-5)6-8(16)22-12(21-6)13-23-10(17-2)11(18-3)24-13/h4H,1-3H3/b9-6+. The van der Waals surface area contributed by atoms with E-state index in [-0.39, 0.29) is 5.97 Å².